The molecule has 0 aliphatic carbocycles. The zero-order chi connectivity index (χ0) is 19.5. The maximum absolute atomic E-state index is 13.2. The predicted octanol–water partition coefficient (Wildman–Crippen LogP) is 3.99. The largest absolute Gasteiger partial charge is 0.378 e. The van der Waals surface area contributed by atoms with Crippen molar-refractivity contribution in [2.75, 3.05) is 32.8 Å². The highest BCUT2D eigenvalue weighted by Gasteiger charge is 2.36. The molecule has 0 saturated carbocycles. The Balaban J connectivity index is 1.50. The standard InChI is InChI=1S/C24H30N2O2/c1-3-7-21-16-28-17-22-15-25(12-13-26(21)22)24(27)20-10-6-9-19(14-20)23-11-5-4-8-18(23)2/h4-6,8-11,14,21-22H,3,7,12-13,15-17H2,1-2H3/t21-,22+/m0/s1. The molecule has 0 aromatic heterocycles. The SMILES string of the molecule is CCC[C@H]1COC[C@H]2CN(C(=O)c3cccc(-c4ccccc4C)c3)CCN12. The molecule has 0 bridgehead atoms. The third kappa shape index (κ3) is 3.85. The highest BCUT2D eigenvalue weighted by Crippen LogP contribution is 2.26. The Morgan fingerprint density at radius 3 is 2.79 bits per heavy atom. The molecule has 1 amide bonds. The second-order valence-corrected chi connectivity index (χ2v) is 8.02. The van der Waals surface area contributed by atoms with Gasteiger partial charge in [-0.2, -0.15) is 0 Å². The van der Waals surface area contributed by atoms with Crippen molar-refractivity contribution in [2.24, 2.45) is 0 Å². The second-order valence-electron chi connectivity index (χ2n) is 8.02. The average Bonchev–Trinajstić information content (AvgIpc) is 2.74. The number of benzene rings is 2. The molecule has 4 nitrogen and oxygen atoms in total. The smallest absolute Gasteiger partial charge is 0.253 e. The summed E-state index contributed by atoms with van der Waals surface area (Å²) in [7, 11) is 0. The van der Waals surface area contributed by atoms with Crippen LogP contribution in [0.15, 0.2) is 48.5 Å². The van der Waals surface area contributed by atoms with E-state index in [1.807, 2.05) is 35.2 Å². The molecular weight excluding hydrogens is 348 g/mol. The van der Waals surface area contributed by atoms with Crippen molar-refractivity contribution in [1.29, 1.82) is 0 Å². The molecule has 0 N–H and O–H groups in total. The molecule has 0 spiro atoms. The number of hydrogen-bond acceptors (Lipinski definition) is 3. The number of carbonyl (C=O) groups excluding carboxylic acids is 1. The summed E-state index contributed by atoms with van der Waals surface area (Å²) in [6.07, 6.45) is 2.34. The number of aryl methyl sites for hydroxylation is 1. The number of fused-ring (bicyclic) bond motifs is 1. The van der Waals surface area contributed by atoms with E-state index in [1.165, 1.54) is 24.0 Å². The van der Waals surface area contributed by atoms with Crippen LogP contribution in [-0.2, 0) is 4.74 Å². The topological polar surface area (TPSA) is 32.8 Å². The zero-order valence-electron chi connectivity index (χ0n) is 16.9. The van der Waals surface area contributed by atoms with E-state index in [9.17, 15) is 4.79 Å². The number of carbonyl (C=O) groups is 1. The Morgan fingerprint density at radius 2 is 1.96 bits per heavy atom. The van der Waals surface area contributed by atoms with Gasteiger partial charge in [-0.15, -0.1) is 0 Å². The minimum absolute atomic E-state index is 0.132. The van der Waals surface area contributed by atoms with E-state index in [1.54, 1.807) is 0 Å². The van der Waals surface area contributed by atoms with Gasteiger partial charge in [-0.1, -0.05) is 49.7 Å². The molecule has 2 aliphatic heterocycles. The first kappa shape index (κ1) is 19.2. The lowest BCUT2D eigenvalue weighted by Gasteiger charge is -2.48. The normalized spacial score (nSPS) is 22.7. The number of morpholine rings is 1. The molecule has 4 rings (SSSR count). The van der Waals surface area contributed by atoms with E-state index >= 15 is 0 Å². The fraction of sp³-hybridized carbons (Fsp3) is 0.458. The summed E-state index contributed by atoms with van der Waals surface area (Å²) < 4.78 is 5.85. The van der Waals surface area contributed by atoms with Crippen LogP contribution in [0.25, 0.3) is 11.1 Å². The van der Waals surface area contributed by atoms with Crippen LogP contribution in [0, 0.1) is 6.92 Å². The van der Waals surface area contributed by atoms with Gasteiger partial charge in [0.15, 0.2) is 0 Å². The minimum Gasteiger partial charge on any atom is -0.378 e. The lowest BCUT2D eigenvalue weighted by molar-refractivity contribution is -0.0776. The molecule has 2 fully saturated rings. The van der Waals surface area contributed by atoms with E-state index in [2.05, 4.69) is 36.9 Å². The van der Waals surface area contributed by atoms with Gasteiger partial charge in [-0.25, -0.2) is 0 Å². The fourth-order valence-electron chi connectivity index (χ4n) is 4.60. The monoisotopic (exact) mass is 378 g/mol. The summed E-state index contributed by atoms with van der Waals surface area (Å²) in [4.78, 5) is 17.8. The van der Waals surface area contributed by atoms with Crippen molar-refractivity contribution in [3.05, 3.63) is 59.7 Å². The molecule has 2 atom stereocenters. The van der Waals surface area contributed by atoms with E-state index in [0.717, 1.165) is 44.0 Å². The van der Waals surface area contributed by atoms with Crippen LogP contribution in [-0.4, -0.2) is 60.6 Å². The third-order valence-corrected chi connectivity index (χ3v) is 6.09. The average molecular weight is 379 g/mol. The summed E-state index contributed by atoms with van der Waals surface area (Å²) in [5, 5.41) is 0. The second kappa shape index (κ2) is 8.46. The van der Waals surface area contributed by atoms with Gasteiger partial charge in [0, 0.05) is 31.2 Å². The van der Waals surface area contributed by atoms with Crippen molar-refractivity contribution in [1.82, 2.24) is 9.80 Å². The first-order valence-electron chi connectivity index (χ1n) is 10.5. The number of nitrogens with zero attached hydrogens (tertiary/aromatic N) is 2. The van der Waals surface area contributed by atoms with Crippen LogP contribution in [0.5, 0.6) is 0 Å². The Morgan fingerprint density at radius 1 is 1.11 bits per heavy atom. The maximum atomic E-state index is 13.2. The first-order valence-corrected chi connectivity index (χ1v) is 10.5. The molecule has 2 saturated heterocycles. The molecule has 4 heteroatoms. The van der Waals surface area contributed by atoms with Gasteiger partial charge in [0.05, 0.1) is 19.3 Å². The Bertz CT molecular complexity index is 833. The Labute approximate surface area is 168 Å². The fourth-order valence-corrected chi connectivity index (χ4v) is 4.60. The van der Waals surface area contributed by atoms with Crippen LogP contribution >= 0.6 is 0 Å². The van der Waals surface area contributed by atoms with Crippen molar-refractivity contribution in [3.8, 4) is 11.1 Å². The van der Waals surface area contributed by atoms with Crippen molar-refractivity contribution >= 4 is 5.91 Å². The summed E-state index contributed by atoms with van der Waals surface area (Å²) >= 11 is 0. The molecular formula is C24H30N2O2. The van der Waals surface area contributed by atoms with Crippen LogP contribution in [0.3, 0.4) is 0 Å². The van der Waals surface area contributed by atoms with Crippen LogP contribution in [0.2, 0.25) is 0 Å². The zero-order valence-corrected chi connectivity index (χ0v) is 16.9. The van der Waals surface area contributed by atoms with Crippen LogP contribution in [0.1, 0.15) is 35.7 Å². The summed E-state index contributed by atoms with van der Waals surface area (Å²) in [6.45, 7) is 8.40. The highest BCUT2D eigenvalue weighted by molar-refractivity contribution is 5.95. The molecule has 2 aliphatic rings. The number of piperazine rings is 1. The summed E-state index contributed by atoms with van der Waals surface area (Å²) in [5.41, 5.74) is 4.29. The third-order valence-electron chi connectivity index (χ3n) is 6.09. The van der Waals surface area contributed by atoms with Crippen LogP contribution < -0.4 is 0 Å². The first-order chi connectivity index (χ1) is 13.7. The molecule has 0 unspecified atom stereocenters. The van der Waals surface area contributed by atoms with Crippen molar-refractivity contribution in [2.45, 2.75) is 38.8 Å². The van der Waals surface area contributed by atoms with Gasteiger partial charge in [-0.05, 0) is 42.2 Å². The van der Waals surface area contributed by atoms with Gasteiger partial charge in [-0.3, -0.25) is 9.69 Å². The highest BCUT2D eigenvalue weighted by atomic mass is 16.5. The molecule has 28 heavy (non-hydrogen) atoms. The predicted molar refractivity (Wildman–Crippen MR) is 113 cm³/mol. The Kier molecular flexibility index (Phi) is 5.79. The maximum Gasteiger partial charge on any atom is 0.253 e. The summed E-state index contributed by atoms with van der Waals surface area (Å²) in [5.74, 6) is 0.132. The van der Waals surface area contributed by atoms with Gasteiger partial charge >= 0.3 is 0 Å². The number of hydrogen-bond donors (Lipinski definition) is 0. The van der Waals surface area contributed by atoms with E-state index in [4.69, 9.17) is 4.74 Å². The van der Waals surface area contributed by atoms with Gasteiger partial charge < -0.3 is 9.64 Å². The van der Waals surface area contributed by atoms with Gasteiger partial charge in [0.1, 0.15) is 0 Å². The van der Waals surface area contributed by atoms with E-state index in [-0.39, 0.29) is 5.91 Å². The van der Waals surface area contributed by atoms with E-state index in [0.29, 0.717) is 12.1 Å². The number of ether oxygens (including phenoxy) is 1. The molecule has 2 aromatic carbocycles. The number of rotatable bonds is 4. The summed E-state index contributed by atoms with van der Waals surface area (Å²) in [6, 6.07) is 17.2. The quantitative estimate of drug-likeness (QED) is 0.807. The van der Waals surface area contributed by atoms with Crippen molar-refractivity contribution < 1.29 is 9.53 Å². The lowest BCUT2D eigenvalue weighted by atomic mass is 9.98. The van der Waals surface area contributed by atoms with Gasteiger partial charge in [0.2, 0.25) is 0 Å². The molecule has 0 radical (unpaired) electrons. The van der Waals surface area contributed by atoms with Crippen LogP contribution in [0.4, 0.5) is 0 Å². The van der Waals surface area contributed by atoms with Crippen molar-refractivity contribution in [3.63, 3.8) is 0 Å². The van der Waals surface area contributed by atoms with Gasteiger partial charge in [0.25, 0.3) is 5.91 Å². The minimum atomic E-state index is 0.132. The molecule has 148 valence electrons. The Hall–Kier alpha value is -2.17. The molecule has 2 aromatic rings. The lowest BCUT2D eigenvalue weighted by Crippen LogP contribution is -2.62. The van der Waals surface area contributed by atoms with E-state index < -0.39 is 0 Å². The number of amides is 1. The molecule has 2 heterocycles.